The third kappa shape index (κ3) is 3.15. The smallest absolute Gasteiger partial charge is 0.253 e. The van der Waals surface area contributed by atoms with Gasteiger partial charge in [0.05, 0.1) is 6.10 Å². The van der Waals surface area contributed by atoms with Gasteiger partial charge in [0.1, 0.15) is 12.3 Å². The molecule has 1 aliphatic heterocycles. The second-order valence-electron chi connectivity index (χ2n) is 4.49. The van der Waals surface area contributed by atoms with Crippen molar-refractivity contribution in [2.75, 3.05) is 13.1 Å². The second kappa shape index (κ2) is 5.90. The van der Waals surface area contributed by atoms with Gasteiger partial charge in [-0.05, 0) is 38.1 Å². The SMILES string of the molecule is c1ccc(-c2noc(COC3CCNCC3)n2)nc1. The number of ether oxygens (including phenoxy) is 1. The second-order valence-corrected chi connectivity index (χ2v) is 4.49. The first-order valence-corrected chi connectivity index (χ1v) is 6.48. The Labute approximate surface area is 111 Å². The normalized spacial score (nSPS) is 16.6. The minimum absolute atomic E-state index is 0.284. The maximum Gasteiger partial charge on any atom is 0.253 e. The van der Waals surface area contributed by atoms with Crippen molar-refractivity contribution in [1.29, 1.82) is 0 Å². The highest BCUT2D eigenvalue weighted by atomic mass is 16.5. The number of nitrogens with zero attached hydrogens (tertiary/aromatic N) is 3. The van der Waals surface area contributed by atoms with Crippen LogP contribution in [0.3, 0.4) is 0 Å². The van der Waals surface area contributed by atoms with E-state index < -0.39 is 0 Å². The van der Waals surface area contributed by atoms with Crippen molar-refractivity contribution in [3.8, 4) is 11.5 Å². The van der Waals surface area contributed by atoms with Crippen molar-refractivity contribution in [2.24, 2.45) is 0 Å². The van der Waals surface area contributed by atoms with E-state index in [1.165, 1.54) is 0 Å². The molecule has 2 aromatic rings. The molecule has 3 heterocycles. The minimum atomic E-state index is 0.284. The molecule has 1 fully saturated rings. The van der Waals surface area contributed by atoms with Crippen LogP contribution in [-0.4, -0.2) is 34.3 Å². The minimum Gasteiger partial charge on any atom is -0.368 e. The highest BCUT2D eigenvalue weighted by Crippen LogP contribution is 2.14. The van der Waals surface area contributed by atoms with Gasteiger partial charge in [0.15, 0.2) is 0 Å². The number of hydrogen-bond acceptors (Lipinski definition) is 6. The van der Waals surface area contributed by atoms with E-state index in [0.717, 1.165) is 25.9 Å². The van der Waals surface area contributed by atoms with E-state index in [1.54, 1.807) is 6.20 Å². The fraction of sp³-hybridized carbons (Fsp3) is 0.462. The van der Waals surface area contributed by atoms with Gasteiger partial charge in [-0.3, -0.25) is 4.98 Å². The zero-order valence-corrected chi connectivity index (χ0v) is 10.6. The molecular weight excluding hydrogens is 244 g/mol. The van der Waals surface area contributed by atoms with Gasteiger partial charge in [0.2, 0.25) is 5.82 Å². The fourth-order valence-corrected chi connectivity index (χ4v) is 2.06. The third-order valence-electron chi connectivity index (χ3n) is 3.09. The van der Waals surface area contributed by atoms with E-state index in [-0.39, 0.29) is 6.10 Å². The molecule has 6 heteroatoms. The Kier molecular flexibility index (Phi) is 3.81. The van der Waals surface area contributed by atoms with Crippen LogP contribution in [0.2, 0.25) is 0 Å². The van der Waals surface area contributed by atoms with Gasteiger partial charge >= 0.3 is 0 Å². The lowest BCUT2D eigenvalue weighted by molar-refractivity contribution is 0.00859. The summed E-state index contributed by atoms with van der Waals surface area (Å²) < 4.78 is 10.9. The maximum atomic E-state index is 5.76. The topological polar surface area (TPSA) is 73.1 Å². The molecule has 0 aliphatic carbocycles. The molecule has 0 atom stereocenters. The summed E-state index contributed by atoms with van der Waals surface area (Å²) in [7, 11) is 0. The molecule has 100 valence electrons. The van der Waals surface area contributed by atoms with Gasteiger partial charge in [-0.25, -0.2) is 0 Å². The predicted molar refractivity (Wildman–Crippen MR) is 68.2 cm³/mol. The Morgan fingerprint density at radius 2 is 2.21 bits per heavy atom. The van der Waals surface area contributed by atoms with Crippen LogP contribution in [0.5, 0.6) is 0 Å². The van der Waals surface area contributed by atoms with Gasteiger partial charge in [-0.1, -0.05) is 11.2 Å². The number of aromatic nitrogens is 3. The fourth-order valence-electron chi connectivity index (χ4n) is 2.06. The summed E-state index contributed by atoms with van der Waals surface area (Å²) in [6.45, 7) is 2.38. The lowest BCUT2D eigenvalue weighted by Crippen LogP contribution is -2.32. The van der Waals surface area contributed by atoms with E-state index in [1.807, 2.05) is 18.2 Å². The molecule has 0 unspecified atom stereocenters. The molecule has 1 N–H and O–H groups in total. The number of rotatable bonds is 4. The summed E-state index contributed by atoms with van der Waals surface area (Å²) in [6.07, 6.45) is 4.05. The highest BCUT2D eigenvalue weighted by Gasteiger charge is 2.15. The zero-order chi connectivity index (χ0) is 12.9. The molecule has 0 amide bonds. The van der Waals surface area contributed by atoms with Crippen molar-refractivity contribution in [3.63, 3.8) is 0 Å². The molecule has 19 heavy (non-hydrogen) atoms. The lowest BCUT2D eigenvalue weighted by atomic mass is 10.1. The molecule has 3 rings (SSSR count). The summed E-state index contributed by atoms with van der Waals surface area (Å²) in [6, 6.07) is 5.59. The number of pyridine rings is 1. The highest BCUT2D eigenvalue weighted by molar-refractivity contribution is 5.46. The van der Waals surface area contributed by atoms with Crippen LogP contribution >= 0.6 is 0 Å². The van der Waals surface area contributed by atoms with Gasteiger partial charge in [0, 0.05) is 6.20 Å². The molecule has 0 radical (unpaired) electrons. The molecule has 2 aromatic heterocycles. The van der Waals surface area contributed by atoms with E-state index in [2.05, 4.69) is 20.4 Å². The Bertz CT molecular complexity index is 508. The van der Waals surface area contributed by atoms with Gasteiger partial charge in [-0.2, -0.15) is 4.98 Å². The van der Waals surface area contributed by atoms with Crippen molar-refractivity contribution < 1.29 is 9.26 Å². The average Bonchev–Trinajstić information content (AvgIpc) is 2.96. The maximum absolute atomic E-state index is 5.76. The molecule has 0 aromatic carbocycles. The standard InChI is InChI=1S/C13H16N4O2/c1-2-6-15-11(3-1)13-16-12(19-17-13)9-18-10-4-7-14-8-5-10/h1-3,6,10,14H,4-5,7-9H2. The van der Waals surface area contributed by atoms with Crippen LogP contribution in [0.4, 0.5) is 0 Å². The van der Waals surface area contributed by atoms with Crippen LogP contribution in [0.15, 0.2) is 28.9 Å². The van der Waals surface area contributed by atoms with Crippen LogP contribution < -0.4 is 5.32 Å². The van der Waals surface area contributed by atoms with E-state index in [9.17, 15) is 0 Å². The largest absolute Gasteiger partial charge is 0.368 e. The van der Waals surface area contributed by atoms with Gasteiger partial charge in [0.25, 0.3) is 5.89 Å². The Balaban J connectivity index is 1.59. The molecule has 6 nitrogen and oxygen atoms in total. The van der Waals surface area contributed by atoms with E-state index in [4.69, 9.17) is 9.26 Å². The summed E-state index contributed by atoms with van der Waals surface area (Å²) in [5.41, 5.74) is 0.708. The predicted octanol–water partition coefficient (Wildman–Crippen LogP) is 1.40. The van der Waals surface area contributed by atoms with Crippen LogP contribution in [-0.2, 0) is 11.3 Å². The van der Waals surface area contributed by atoms with Gasteiger partial charge < -0.3 is 14.6 Å². The zero-order valence-electron chi connectivity index (χ0n) is 10.6. The number of hydrogen-bond donors (Lipinski definition) is 1. The summed E-state index contributed by atoms with van der Waals surface area (Å²) in [5.74, 6) is 1.00. The molecule has 0 saturated carbocycles. The van der Waals surface area contributed by atoms with Crippen molar-refractivity contribution >= 4 is 0 Å². The Morgan fingerprint density at radius 1 is 1.32 bits per heavy atom. The summed E-state index contributed by atoms with van der Waals surface area (Å²) >= 11 is 0. The third-order valence-corrected chi connectivity index (χ3v) is 3.09. The first-order valence-electron chi connectivity index (χ1n) is 6.48. The van der Waals surface area contributed by atoms with Crippen LogP contribution in [0, 0.1) is 0 Å². The van der Waals surface area contributed by atoms with Crippen molar-refractivity contribution in [3.05, 3.63) is 30.3 Å². The van der Waals surface area contributed by atoms with Crippen molar-refractivity contribution in [1.82, 2.24) is 20.4 Å². The first-order chi connectivity index (χ1) is 9.42. The van der Waals surface area contributed by atoms with Crippen molar-refractivity contribution in [2.45, 2.75) is 25.6 Å². The quantitative estimate of drug-likeness (QED) is 0.895. The Hall–Kier alpha value is -1.79. The molecule has 1 aliphatic rings. The summed E-state index contributed by atoms with van der Waals surface area (Å²) in [4.78, 5) is 8.46. The number of nitrogens with one attached hydrogen (secondary N) is 1. The summed E-state index contributed by atoms with van der Waals surface area (Å²) in [5, 5.41) is 7.21. The van der Waals surface area contributed by atoms with E-state index >= 15 is 0 Å². The molecular formula is C13H16N4O2. The van der Waals surface area contributed by atoms with Crippen LogP contribution in [0.1, 0.15) is 18.7 Å². The van der Waals surface area contributed by atoms with Crippen LogP contribution in [0.25, 0.3) is 11.5 Å². The molecule has 0 spiro atoms. The van der Waals surface area contributed by atoms with E-state index in [0.29, 0.717) is 24.0 Å². The molecule has 0 bridgehead atoms. The Morgan fingerprint density at radius 3 is 3.00 bits per heavy atom. The average molecular weight is 260 g/mol. The molecule has 1 saturated heterocycles. The number of piperidine rings is 1. The first kappa shape index (κ1) is 12.3. The lowest BCUT2D eigenvalue weighted by Gasteiger charge is -2.21. The van der Waals surface area contributed by atoms with Gasteiger partial charge in [-0.15, -0.1) is 0 Å². The monoisotopic (exact) mass is 260 g/mol.